The maximum absolute atomic E-state index is 5.68. The molecule has 0 aromatic heterocycles. The molecule has 2 aliphatic rings. The first-order valence-corrected chi connectivity index (χ1v) is 7.36. The van der Waals surface area contributed by atoms with E-state index >= 15 is 0 Å². The fraction of sp³-hybridized carbons (Fsp3) is 0.625. The van der Waals surface area contributed by atoms with E-state index in [9.17, 15) is 0 Å². The highest BCUT2D eigenvalue weighted by molar-refractivity contribution is 5.44. The summed E-state index contributed by atoms with van der Waals surface area (Å²) in [7, 11) is 0. The molecule has 3 atom stereocenters. The lowest BCUT2D eigenvalue weighted by molar-refractivity contribution is 0.171. The number of fused-ring (bicyclic) bond motifs is 1. The minimum Gasteiger partial charge on any atom is -0.486 e. The van der Waals surface area contributed by atoms with Crippen molar-refractivity contribution in [2.24, 2.45) is 0 Å². The lowest BCUT2D eigenvalue weighted by atomic mass is 9.90. The summed E-state index contributed by atoms with van der Waals surface area (Å²) in [5.41, 5.74) is 1.34. The second kappa shape index (κ2) is 5.41. The molecule has 3 unspecified atom stereocenters. The average molecular weight is 262 g/mol. The van der Waals surface area contributed by atoms with Gasteiger partial charge in [-0.15, -0.1) is 0 Å². The predicted molar refractivity (Wildman–Crippen MR) is 74.0 cm³/mol. The van der Waals surface area contributed by atoms with E-state index in [1.165, 1.54) is 5.56 Å². The van der Waals surface area contributed by atoms with Crippen molar-refractivity contribution in [3.8, 4) is 11.5 Å². The topological polar surface area (TPSA) is 31.0 Å². The fourth-order valence-electron chi connectivity index (χ4n) is 2.88. The van der Waals surface area contributed by atoms with Crippen molar-refractivity contribution in [2.75, 3.05) is 13.2 Å². The van der Waals surface area contributed by atoms with Crippen LogP contribution in [-0.4, -0.2) is 25.4 Å². The summed E-state index contributed by atoms with van der Waals surface area (Å²) in [6.45, 7) is 5.73. The van der Waals surface area contributed by atoms with E-state index in [0.717, 1.165) is 30.8 Å². The second-order valence-corrected chi connectivity index (χ2v) is 5.37. The molecule has 1 aromatic carbocycles. The third kappa shape index (κ3) is 2.71. The van der Waals surface area contributed by atoms with Gasteiger partial charge in [0.2, 0.25) is 0 Å². The molecule has 1 fully saturated rings. The summed E-state index contributed by atoms with van der Waals surface area (Å²) in [4.78, 5) is 0. The van der Waals surface area contributed by atoms with Crippen LogP contribution < -0.4 is 9.47 Å². The van der Waals surface area contributed by atoms with Gasteiger partial charge in [0.15, 0.2) is 11.5 Å². The lowest BCUT2D eigenvalue weighted by Gasteiger charge is -2.21. The largest absolute Gasteiger partial charge is 0.486 e. The molecule has 3 rings (SSSR count). The van der Waals surface area contributed by atoms with Crippen molar-refractivity contribution in [2.45, 2.75) is 51.2 Å². The van der Waals surface area contributed by atoms with Crippen LogP contribution >= 0.6 is 0 Å². The van der Waals surface area contributed by atoms with Crippen LogP contribution in [0.4, 0.5) is 0 Å². The third-order valence-electron chi connectivity index (χ3n) is 4.14. The first-order valence-electron chi connectivity index (χ1n) is 7.36. The highest BCUT2D eigenvalue weighted by Crippen LogP contribution is 2.39. The molecule has 0 amide bonds. The Bertz CT molecular complexity index is 444. The number of benzene rings is 1. The predicted octanol–water partition coefficient (Wildman–Crippen LogP) is 3.52. The minimum absolute atomic E-state index is 0.461. The van der Waals surface area contributed by atoms with E-state index in [1.54, 1.807) is 0 Å². The van der Waals surface area contributed by atoms with Gasteiger partial charge in [-0.1, -0.05) is 19.9 Å². The molecule has 0 bridgehead atoms. The first kappa shape index (κ1) is 12.8. The van der Waals surface area contributed by atoms with Crippen molar-refractivity contribution in [1.82, 2.24) is 0 Å². The molecule has 104 valence electrons. The summed E-state index contributed by atoms with van der Waals surface area (Å²) in [6.07, 6.45) is 4.33. The van der Waals surface area contributed by atoms with Gasteiger partial charge in [0, 0.05) is 0 Å². The van der Waals surface area contributed by atoms with Gasteiger partial charge in [0.05, 0.1) is 12.2 Å². The fourth-order valence-corrected chi connectivity index (χ4v) is 2.88. The molecule has 19 heavy (non-hydrogen) atoms. The van der Waals surface area contributed by atoms with E-state index in [4.69, 9.17) is 14.2 Å². The van der Waals surface area contributed by atoms with Crippen LogP contribution in [0.25, 0.3) is 0 Å². The molecule has 3 heteroatoms. The molecule has 3 nitrogen and oxygen atoms in total. The molecule has 2 heterocycles. The van der Waals surface area contributed by atoms with Crippen molar-refractivity contribution in [3.05, 3.63) is 23.8 Å². The van der Waals surface area contributed by atoms with Crippen LogP contribution in [-0.2, 0) is 4.74 Å². The summed E-state index contributed by atoms with van der Waals surface area (Å²) in [5.74, 6) is 2.32. The normalized spacial score (nSPS) is 26.0. The van der Waals surface area contributed by atoms with Crippen LogP contribution in [0.5, 0.6) is 11.5 Å². The van der Waals surface area contributed by atoms with Crippen molar-refractivity contribution < 1.29 is 14.2 Å². The summed E-state index contributed by atoms with van der Waals surface area (Å²) in [6, 6.07) is 6.36. The molecule has 0 saturated carbocycles. The Morgan fingerprint density at radius 3 is 2.58 bits per heavy atom. The van der Waals surface area contributed by atoms with Crippen LogP contribution in [0.3, 0.4) is 0 Å². The molecule has 1 aromatic rings. The minimum atomic E-state index is 0.461. The molecule has 0 spiro atoms. The van der Waals surface area contributed by atoms with Crippen LogP contribution in [0.1, 0.15) is 44.6 Å². The molecule has 1 saturated heterocycles. The van der Waals surface area contributed by atoms with Gasteiger partial charge in [-0.2, -0.15) is 0 Å². The van der Waals surface area contributed by atoms with Gasteiger partial charge < -0.3 is 14.2 Å². The van der Waals surface area contributed by atoms with Crippen molar-refractivity contribution in [1.29, 1.82) is 0 Å². The van der Waals surface area contributed by atoms with Gasteiger partial charge in [-0.3, -0.25) is 0 Å². The maximum Gasteiger partial charge on any atom is 0.161 e. The SMILES string of the molecule is CCC(CC1OC1CC)c1ccc2c(c1)OCCO2. The number of hydrogen-bond acceptors (Lipinski definition) is 3. The number of rotatable bonds is 5. The van der Waals surface area contributed by atoms with E-state index in [2.05, 4.69) is 26.0 Å². The monoisotopic (exact) mass is 262 g/mol. The number of epoxide rings is 1. The smallest absolute Gasteiger partial charge is 0.161 e. The second-order valence-electron chi connectivity index (χ2n) is 5.37. The first-order chi connectivity index (χ1) is 9.31. The Labute approximate surface area is 114 Å². The molecular formula is C16H22O3. The van der Waals surface area contributed by atoms with Crippen LogP contribution in [0.2, 0.25) is 0 Å². The molecule has 0 N–H and O–H groups in total. The number of ether oxygens (including phenoxy) is 3. The van der Waals surface area contributed by atoms with Gasteiger partial charge in [-0.25, -0.2) is 0 Å². The van der Waals surface area contributed by atoms with E-state index in [-0.39, 0.29) is 0 Å². The molecule has 0 aliphatic carbocycles. The number of hydrogen-bond donors (Lipinski definition) is 0. The molecular weight excluding hydrogens is 240 g/mol. The van der Waals surface area contributed by atoms with Gasteiger partial charge >= 0.3 is 0 Å². The summed E-state index contributed by atoms with van der Waals surface area (Å²) >= 11 is 0. The van der Waals surface area contributed by atoms with Gasteiger partial charge in [0.25, 0.3) is 0 Å². The van der Waals surface area contributed by atoms with Gasteiger partial charge in [0.1, 0.15) is 13.2 Å². The zero-order valence-electron chi connectivity index (χ0n) is 11.7. The Morgan fingerprint density at radius 2 is 1.89 bits per heavy atom. The standard InChI is InChI=1S/C16H22O3/c1-3-11(9-16-13(4-2)19-16)12-5-6-14-15(10-12)18-8-7-17-14/h5-6,10-11,13,16H,3-4,7-9H2,1-2H3. The summed E-state index contributed by atoms with van der Waals surface area (Å²) in [5, 5.41) is 0. The highest BCUT2D eigenvalue weighted by Gasteiger charge is 2.38. The Morgan fingerprint density at radius 1 is 1.11 bits per heavy atom. The summed E-state index contributed by atoms with van der Waals surface area (Å²) < 4.78 is 16.9. The van der Waals surface area contributed by atoms with Crippen LogP contribution in [0.15, 0.2) is 18.2 Å². The van der Waals surface area contributed by atoms with E-state index in [0.29, 0.717) is 31.3 Å². The maximum atomic E-state index is 5.68. The zero-order chi connectivity index (χ0) is 13.2. The quantitative estimate of drug-likeness (QED) is 0.761. The third-order valence-corrected chi connectivity index (χ3v) is 4.14. The average Bonchev–Trinajstić information content (AvgIpc) is 3.22. The van der Waals surface area contributed by atoms with Crippen molar-refractivity contribution in [3.63, 3.8) is 0 Å². The lowest BCUT2D eigenvalue weighted by Crippen LogP contribution is -2.15. The molecule has 2 aliphatic heterocycles. The Kier molecular flexibility index (Phi) is 3.65. The van der Waals surface area contributed by atoms with Crippen molar-refractivity contribution >= 4 is 0 Å². The van der Waals surface area contributed by atoms with Gasteiger partial charge in [-0.05, 0) is 42.9 Å². The highest BCUT2D eigenvalue weighted by atomic mass is 16.6. The van der Waals surface area contributed by atoms with E-state index < -0.39 is 0 Å². The zero-order valence-corrected chi connectivity index (χ0v) is 11.7. The Hall–Kier alpha value is -1.22. The van der Waals surface area contributed by atoms with E-state index in [1.807, 2.05) is 6.07 Å². The van der Waals surface area contributed by atoms with Crippen LogP contribution in [0, 0.1) is 0 Å². The molecule has 0 radical (unpaired) electrons. The Balaban J connectivity index is 1.72.